The van der Waals surface area contributed by atoms with E-state index in [1.54, 1.807) is 0 Å². The predicted octanol–water partition coefficient (Wildman–Crippen LogP) is 1.36. The van der Waals surface area contributed by atoms with Gasteiger partial charge in [-0.05, 0) is 21.5 Å². The van der Waals surface area contributed by atoms with Gasteiger partial charge in [0, 0.05) is 13.1 Å². The summed E-state index contributed by atoms with van der Waals surface area (Å²) in [5.74, 6) is -1.02. The standard InChI is InChI=1S/C9H10BrNO4/c1-2-3-15-9(14)11-4-6(5-11)7(10)8(12)13/h2H,1,3-5H2,(H,12,13). The molecule has 1 saturated heterocycles. The first kappa shape index (κ1) is 11.8. The molecule has 0 aromatic heterocycles. The normalized spacial score (nSPS) is 14.2. The van der Waals surface area contributed by atoms with E-state index in [9.17, 15) is 9.59 Å². The highest BCUT2D eigenvalue weighted by molar-refractivity contribution is 9.12. The SMILES string of the molecule is C=CCOC(=O)N1CC(=C(Br)C(=O)O)C1. The van der Waals surface area contributed by atoms with Crippen molar-refractivity contribution in [3.05, 3.63) is 22.7 Å². The lowest BCUT2D eigenvalue weighted by atomic mass is 10.1. The van der Waals surface area contributed by atoms with Gasteiger partial charge in [0.25, 0.3) is 0 Å². The van der Waals surface area contributed by atoms with Crippen molar-refractivity contribution in [2.45, 2.75) is 0 Å². The van der Waals surface area contributed by atoms with E-state index in [1.807, 2.05) is 0 Å². The fourth-order valence-electron chi connectivity index (χ4n) is 1.06. The van der Waals surface area contributed by atoms with Gasteiger partial charge in [-0.2, -0.15) is 0 Å². The summed E-state index contributed by atoms with van der Waals surface area (Å²) < 4.78 is 4.89. The zero-order valence-corrected chi connectivity index (χ0v) is 9.49. The Morgan fingerprint density at radius 1 is 1.60 bits per heavy atom. The maximum atomic E-state index is 11.2. The van der Waals surface area contributed by atoms with Crippen molar-refractivity contribution in [2.75, 3.05) is 19.7 Å². The molecule has 5 nitrogen and oxygen atoms in total. The molecule has 0 saturated carbocycles. The van der Waals surface area contributed by atoms with Gasteiger partial charge < -0.3 is 9.84 Å². The summed E-state index contributed by atoms with van der Waals surface area (Å²) in [7, 11) is 0. The average Bonchev–Trinajstić information content (AvgIpc) is 2.11. The van der Waals surface area contributed by atoms with Crippen molar-refractivity contribution in [1.82, 2.24) is 4.90 Å². The summed E-state index contributed by atoms with van der Waals surface area (Å²) in [6, 6.07) is 0. The number of carbonyl (C=O) groups is 2. The van der Waals surface area contributed by atoms with Gasteiger partial charge in [0.15, 0.2) is 0 Å². The minimum Gasteiger partial charge on any atom is -0.477 e. The summed E-state index contributed by atoms with van der Waals surface area (Å²) in [5.41, 5.74) is 0.679. The van der Waals surface area contributed by atoms with E-state index < -0.39 is 12.1 Å². The summed E-state index contributed by atoms with van der Waals surface area (Å²) in [4.78, 5) is 23.1. The molecule has 0 spiro atoms. The van der Waals surface area contributed by atoms with Crippen LogP contribution < -0.4 is 0 Å². The molecule has 1 N–H and O–H groups in total. The molecule has 1 heterocycles. The lowest BCUT2D eigenvalue weighted by Gasteiger charge is -2.33. The van der Waals surface area contributed by atoms with Gasteiger partial charge in [0.05, 0.1) is 0 Å². The lowest BCUT2D eigenvalue weighted by molar-refractivity contribution is -0.131. The second kappa shape index (κ2) is 4.97. The molecule has 1 aliphatic heterocycles. The fraction of sp³-hybridized carbons (Fsp3) is 0.333. The monoisotopic (exact) mass is 275 g/mol. The van der Waals surface area contributed by atoms with Crippen molar-refractivity contribution in [3.63, 3.8) is 0 Å². The van der Waals surface area contributed by atoms with Gasteiger partial charge in [0.2, 0.25) is 0 Å². The van der Waals surface area contributed by atoms with E-state index in [4.69, 9.17) is 9.84 Å². The van der Waals surface area contributed by atoms with Crippen LogP contribution in [0, 0.1) is 0 Å². The zero-order chi connectivity index (χ0) is 11.4. The van der Waals surface area contributed by atoms with Crippen molar-refractivity contribution in [1.29, 1.82) is 0 Å². The number of carboxylic acids is 1. The van der Waals surface area contributed by atoms with Crippen molar-refractivity contribution in [3.8, 4) is 0 Å². The fourth-order valence-corrected chi connectivity index (χ4v) is 1.31. The van der Waals surface area contributed by atoms with Crippen LogP contribution in [0.3, 0.4) is 0 Å². The first-order chi connectivity index (χ1) is 7.06. The van der Waals surface area contributed by atoms with Crippen molar-refractivity contribution in [2.24, 2.45) is 0 Å². The number of halogens is 1. The van der Waals surface area contributed by atoms with Gasteiger partial charge >= 0.3 is 12.1 Å². The second-order valence-corrected chi connectivity index (χ2v) is 3.74. The number of nitrogens with zero attached hydrogens (tertiary/aromatic N) is 1. The Kier molecular flexibility index (Phi) is 3.90. The summed E-state index contributed by atoms with van der Waals surface area (Å²) in [6.45, 7) is 4.16. The largest absolute Gasteiger partial charge is 0.477 e. The van der Waals surface area contributed by atoms with Crippen LogP contribution in [0.2, 0.25) is 0 Å². The third-order valence-corrected chi connectivity index (χ3v) is 2.74. The Morgan fingerprint density at radius 2 is 2.20 bits per heavy atom. The predicted molar refractivity (Wildman–Crippen MR) is 56.7 cm³/mol. The summed E-state index contributed by atoms with van der Waals surface area (Å²) in [5, 5.41) is 8.63. The van der Waals surface area contributed by atoms with E-state index in [0.717, 1.165) is 0 Å². The topological polar surface area (TPSA) is 66.8 Å². The molecule has 0 radical (unpaired) electrons. The molecule has 15 heavy (non-hydrogen) atoms. The molecule has 0 atom stereocenters. The molecule has 82 valence electrons. The minimum atomic E-state index is -1.02. The summed E-state index contributed by atoms with van der Waals surface area (Å²) >= 11 is 2.93. The van der Waals surface area contributed by atoms with E-state index >= 15 is 0 Å². The van der Waals surface area contributed by atoms with Crippen LogP contribution >= 0.6 is 15.9 Å². The van der Waals surface area contributed by atoms with Crippen LogP contribution in [0.1, 0.15) is 0 Å². The number of carbonyl (C=O) groups excluding carboxylic acids is 1. The molecule has 0 aliphatic carbocycles. The lowest BCUT2D eigenvalue weighted by Crippen LogP contribution is -2.45. The Labute approximate surface area is 95.1 Å². The molecule has 0 unspecified atom stereocenters. The third kappa shape index (κ3) is 2.82. The van der Waals surface area contributed by atoms with Gasteiger partial charge in [-0.1, -0.05) is 12.7 Å². The third-order valence-electron chi connectivity index (χ3n) is 1.84. The van der Waals surface area contributed by atoms with Gasteiger partial charge in [-0.25, -0.2) is 9.59 Å². The van der Waals surface area contributed by atoms with Gasteiger partial charge in [-0.15, -0.1) is 0 Å². The molecule has 0 aromatic carbocycles. The number of amides is 1. The zero-order valence-electron chi connectivity index (χ0n) is 7.90. The number of hydrogen-bond donors (Lipinski definition) is 1. The number of hydrogen-bond acceptors (Lipinski definition) is 3. The Hall–Kier alpha value is -1.30. The Bertz CT molecular complexity index is 329. The molecule has 1 amide bonds. The second-order valence-electron chi connectivity index (χ2n) is 2.94. The van der Waals surface area contributed by atoms with Crippen molar-refractivity contribution < 1.29 is 19.4 Å². The maximum Gasteiger partial charge on any atom is 0.410 e. The highest BCUT2D eigenvalue weighted by Gasteiger charge is 2.29. The van der Waals surface area contributed by atoms with Crippen LogP contribution in [0.5, 0.6) is 0 Å². The van der Waals surface area contributed by atoms with Crippen molar-refractivity contribution >= 4 is 28.0 Å². The number of rotatable bonds is 3. The molecule has 6 heteroatoms. The van der Waals surface area contributed by atoms with E-state index in [-0.39, 0.29) is 11.1 Å². The maximum absolute atomic E-state index is 11.2. The molecular formula is C9H10BrNO4. The molecule has 0 aromatic rings. The molecule has 0 bridgehead atoms. The summed E-state index contributed by atoms with van der Waals surface area (Å²) in [6.07, 6.45) is 1.02. The van der Waals surface area contributed by atoms with Crippen LogP contribution in [0.15, 0.2) is 22.7 Å². The first-order valence-electron chi connectivity index (χ1n) is 4.19. The average molecular weight is 276 g/mol. The molecule has 1 fully saturated rings. The molecule has 1 aliphatic rings. The van der Waals surface area contributed by atoms with Crippen LogP contribution in [-0.2, 0) is 9.53 Å². The van der Waals surface area contributed by atoms with Gasteiger partial charge in [-0.3, -0.25) is 4.90 Å². The molecular weight excluding hydrogens is 266 g/mol. The van der Waals surface area contributed by atoms with Crippen LogP contribution in [-0.4, -0.2) is 41.8 Å². The highest BCUT2D eigenvalue weighted by Crippen LogP contribution is 2.23. The smallest absolute Gasteiger partial charge is 0.410 e. The van der Waals surface area contributed by atoms with E-state index in [1.165, 1.54) is 11.0 Å². The number of likely N-dealkylation sites (tertiary alicyclic amines) is 1. The number of carboxylic acid groups (broad SMARTS) is 1. The van der Waals surface area contributed by atoms with Crippen LogP contribution in [0.4, 0.5) is 4.79 Å². The minimum absolute atomic E-state index is 0.121. The molecule has 1 rings (SSSR count). The quantitative estimate of drug-likeness (QED) is 0.624. The first-order valence-corrected chi connectivity index (χ1v) is 4.99. The highest BCUT2D eigenvalue weighted by atomic mass is 79.9. The van der Waals surface area contributed by atoms with Gasteiger partial charge in [0.1, 0.15) is 11.1 Å². The Morgan fingerprint density at radius 3 is 2.67 bits per heavy atom. The van der Waals surface area contributed by atoms with E-state index in [2.05, 4.69) is 22.5 Å². The number of ether oxygens (including phenoxy) is 1. The van der Waals surface area contributed by atoms with Crippen LogP contribution in [0.25, 0.3) is 0 Å². The Balaban J connectivity index is 2.43. The van der Waals surface area contributed by atoms with E-state index in [0.29, 0.717) is 18.7 Å². The number of aliphatic carboxylic acids is 1.